The maximum Gasteiger partial charge on any atom is 0.239 e. The first-order chi connectivity index (χ1) is 8.48. The Labute approximate surface area is 110 Å². The summed E-state index contributed by atoms with van der Waals surface area (Å²) in [6.45, 7) is 0. The van der Waals surface area contributed by atoms with Crippen LogP contribution in [0.2, 0.25) is 0 Å². The summed E-state index contributed by atoms with van der Waals surface area (Å²) in [7, 11) is -3.57. The predicted molar refractivity (Wildman–Crippen MR) is 75.9 cm³/mol. The lowest BCUT2D eigenvalue weighted by Crippen LogP contribution is -2.26. The third-order valence-electron chi connectivity index (χ3n) is 2.28. The molecule has 1 aromatic carbocycles. The van der Waals surface area contributed by atoms with Crippen molar-refractivity contribution >= 4 is 43.7 Å². The Hall–Kier alpha value is -1.73. The molecule has 2 aromatic rings. The minimum atomic E-state index is -3.57. The number of nitrogens with one attached hydrogen (secondary N) is 1. The second kappa shape index (κ2) is 4.87. The third kappa shape index (κ3) is 2.93. The van der Waals surface area contributed by atoms with Crippen LogP contribution in [0.15, 0.2) is 36.7 Å². The normalized spacial score (nSPS) is 11.3. The molecule has 0 spiro atoms. The van der Waals surface area contributed by atoms with Crippen molar-refractivity contribution in [2.45, 2.75) is 0 Å². The fourth-order valence-electron chi connectivity index (χ4n) is 1.59. The second-order valence-corrected chi connectivity index (χ2v) is 5.98. The first kappa shape index (κ1) is 12.7. The fraction of sp³-hybridized carbons (Fsp3) is 0.0909. The Morgan fingerprint density at radius 3 is 2.89 bits per heavy atom. The number of pyridine rings is 1. The number of hydrogen-bond acceptors (Lipinski definition) is 4. The monoisotopic (exact) mass is 281 g/mol. The molecule has 7 heteroatoms. The zero-order valence-electron chi connectivity index (χ0n) is 9.33. The zero-order chi connectivity index (χ0) is 13.2. The number of sulfonamides is 1. The van der Waals surface area contributed by atoms with Gasteiger partial charge in [-0.2, -0.15) is 0 Å². The Bertz CT molecular complexity index is 693. The average molecular weight is 281 g/mol. The number of rotatable bonds is 4. The summed E-state index contributed by atoms with van der Waals surface area (Å²) in [5.74, 6) is -0.376. The number of benzene rings is 1. The molecule has 0 aliphatic rings. The van der Waals surface area contributed by atoms with Crippen molar-refractivity contribution < 1.29 is 8.42 Å². The van der Waals surface area contributed by atoms with E-state index < -0.39 is 10.0 Å². The van der Waals surface area contributed by atoms with Crippen LogP contribution in [0.1, 0.15) is 0 Å². The van der Waals surface area contributed by atoms with E-state index in [1.807, 2.05) is 6.07 Å². The van der Waals surface area contributed by atoms with E-state index in [-0.39, 0.29) is 10.7 Å². The topological polar surface area (TPSA) is 85.1 Å². The largest absolute Gasteiger partial charge is 0.392 e. The third-order valence-corrected chi connectivity index (χ3v) is 3.83. The number of hydrogen-bond donors (Lipinski definition) is 2. The van der Waals surface area contributed by atoms with E-state index in [1.54, 1.807) is 30.6 Å². The Balaban J connectivity index is 2.41. The van der Waals surface area contributed by atoms with Gasteiger partial charge in [0.25, 0.3) is 0 Å². The maximum atomic E-state index is 11.8. The van der Waals surface area contributed by atoms with Crippen molar-refractivity contribution in [3.8, 4) is 0 Å². The van der Waals surface area contributed by atoms with Gasteiger partial charge in [0.2, 0.25) is 10.0 Å². The average Bonchev–Trinajstić information content (AvgIpc) is 2.27. The molecule has 2 rings (SSSR count). The number of nitrogens with two attached hydrogens (primary N) is 1. The highest BCUT2D eigenvalue weighted by Crippen LogP contribution is 2.22. The number of anilines is 1. The van der Waals surface area contributed by atoms with E-state index in [9.17, 15) is 8.42 Å². The lowest BCUT2D eigenvalue weighted by Gasteiger charge is -2.09. The van der Waals surface area contributed by atoms with Crippen LogP contribution in [0.5, 0.6) is 0 Å². The summed E-state index contributed by atoms with van der Waals surface area (Å²) in [5.41, 5.74) is 5.71. The van der Waals surface area contributed by atoms with Crippen LogP contribution < -0.4 is 10.5 Å². The molecule has 3 N–H and O–H groups in total. The summed E-state index contributed by atoms with van der Waals surface area (Å²) in [4.78, 5) is 3.91. The van der Waals surface area contributed by atoms with Gasteiger partial charge < -0.3 is 5.73 Å². The van der Waals surface area contributed by atoms with E-state index in [0.29, 0.717) is 5.69 Å². The molecule has 0 aliphatic heterocycles. The Kier molecular flexibility index (Phi) is 3.44. The molecule has 1 aromatic heterocycles. The van der Waals surface area contributed by atoms with Gasteiger partial charge >= 0.3 is 0 Å². The molecule has 0 amide bonds. The molecule has 0 atom stereocenters. The van der Waals surface area contributed by atoms with Crippen LogP contribution in [0, 0.1) is 0 Å². The van der Waals surface area contributed by atoms with E-state index in [0.717, 1.165) is 10.8 Å². The van der Waals surface area contributed by atoms with Crippen molar-refractivity contribution in [3.63, 3.8) is 0 Å². The van der Waals surface area contributed by atoms with E-state index in [4.69, 9.17) is 5.73 Å². The highest BCUT2D eigenvalue weighted by molar-refractivity contribution is 7.95. The molecule has 0 radical (unpaired) electrons. The van der Waals surface area contributed by atoms with Crippen LogP contribution in [0.3, 0.4) is 0 Å². The van der Waals surface area contributed by atoms with Gasteiger partial charge in [0.05, 0.1) is 10.7 Å². The van der Waals surface area contributed by atoms with Crippen LogP contribution in [0.25, 0.3) is 10.8 Å². The fourth-order valence-corrected chi connectivity index (χ4v) is 3.02. The van der Waals surface area contributed by atoms with Crippen LogP contribution in [0.4, 0.5) is 5.69 Å². The van der Waals surface area contributed by atoms with E-state index in [2.05, 4.69) is 21.9 Å². The minimum Gasteiger partial charge on any atom is -0.392 e. The zero-order valence-corrected chi connectivity index (χ0v) is 11.0. The molecule has 0 saturated heterocycles. The van der Waals surface area contributed by atoms with Crippen LogP contribution in [-0.4, -0.2) is 24.1 Å². The standard InChI is InChI=1S/C11H11N3O2S2/c12-11(17)7-18(15,16)14-10-3-1-2-8-4-5-13-6-9(8)10/h1-6,14H,7H2,(H2,12,17). The van der Waals surface area contributed by atoms with Crippen molar-refractivity contribution in [1.82, 2.24) is 4.98 Å². The molecule has 1 heterocycles. The second-order valence-electron chi connectivity index (χ2n) is 3.73. The Morgan fingerprint density at radius 2 is 2.17 bits per heavy atom. The molecule has 94 valence electrons. The highest BCUT2D eigenvalue weighted by atomic mass is 32.2. The van der Waals surface area contributed by atoms with Gasteiger partial charge in [-0.05, 0) is 17.5 Å². The Morgan fingerprint density at radius 1 is 1.39 bits per heavy atom. The molecular weight excluding hydrogens is 270 g/mol. The lowest BCUT2D eigenvalue weighted by molar-refractivity contribution is 0.605. The quantitative estimate of drug-likeness (QED) is 0.824. The molecule has 5 nitrogen and oxygen atoms in total. The van der Waals surface area contributed by atoms with Gasteiger partial charge in [-0.3, -0.25) is 9.71 Å². The summed E-state index contributed by atoms with van der Waals surface area (Å²) in [6.07, 6.45) is 3.25. The van der Waals surface area contributed by atoms with Crippen molar-refractivity contribution in [2.24, 2.45) is 5.73 Å². The molecule has 0 aliphatic carbocycles. The number of thiocarbonyl (C=S) groups is 1. The number of nitrogens with zero attached hydrogens (tertiary/aromatic N) is 1. The van der Waals surface area contributed by atoms with Crippen LogP contribution >= 0.6 is 12.2 Å². The van der Waals surface area contributed by atoms with Gasteiger partial charge in [0.15, 0.2) is 0 Å². The number of aromatic nitrogens is 1. The van der Waals surface area contributed by atoms with Crippen LogP contribution in [-0.2, 0) is 10.0 Å². The minimum absolute atomic E-state index is 0.0686. The summed E-state index contributed by atoms with van der Waals surface area (Å²) < 4.78 is 26.0. The molecular formula is C11H11N3O2S2. The first-order valence-corrected chi connectivity index (χ1v) is 7.15. The van der Waals surface area contributed by atoms with Gasteiger partial charge in [0, 0.05) is 17.8 Å². The molecule has 0 fully saturated rings. The van der Waals surface area contributed by atoms with Gasteiger partial charge in [-0.15, -0.1) is 0 Å². The maximum absolute atomic E-state index is 11.8. The van der Waals surface area contributed by atoms with Crippen molar-refractivity contribution in [1.29, 1.82) is 0 Å². The van der Waals surface area contributed by atoms with E-state index in [1.165, 1.54) is 0 Å². The summed E-state index contributed by atoms with van der Waals surface area (Å²) >= 11 is 4.60. The number of fused-ring (bicyclic) bond motifs is 1. The smallest absolute Gasteiger partial charge is 0.239 e. The van der Waals surface area contributed by atoms with E-state index >= 15 is 0 Å². The van der Waals surface area contributed by atoms with Gasteiger partial charge in [-0.25, -0.2) is 8.42 Å². The summed E-state index contributed by atoms with van der Waals surface area (Å²) in [5, 5.41) is 1.63. The molecule has 18 heavy (non-hydrogen) atoms. The highest BCUT2D eigenvalue weighted by Gasteiger charge is 2.13. The predicted octanol–water partition coefficient (Wildman–Crippen LogP) is 1.26. The summed E-state index contributed by atoms with van der Waals surface area (Å²) in [6, 6.07) is 7.12. The molecule has 0 saturated carbocycles. The SMILES string of the molecule is NC(=S)CS(=O)(=O)Nc1cccc2ccncc12. The molecule has 0 bridgehead atoms. The van der Waals surface area contributed by atoms with Crippen molar-refractivity contribution in [2.75, 3.05) is 10.5 Å². The molecule has 0 unspecified atom stereocenters. The van der Waals surface area contributed by atoms with Gasteiger partial charge in [0.1, 0.15) is 5.75 Å². The van der Waals surface area contributed by atoms with Crippen molar-refractivity contribution in [3.05, 3.63) is 36.7 Å². The lowest BCUT2D eigenvalue weighted by atomic mass is 10.1. The first-order valence-electron chi connectivity index (χ1n) is 5.09. The van der Waals surface area contributed by atoms with Gasteiger partial charge in [-0.1, -0.05) is 24.4 Å².